The molecule has 2 rings (SSSR count). The number of rotatable bonds is 8. The molecule has 1 aromatic carbocycles. The lowest BCUT2D eigenvalue weighted by atomic mass is 10.2. The Balaban J connectivity index is 2.10. The number of carbonyl (C=O) groups is 2. The minimum atomic E-state index is -3.72. The van der Waals surface area contributed by atoms with Gasteiger partial charge in [-0.15, -0.1) is 0 Å². The normalized spacial score (nSPS) is 12.4. The topological polar surface area (TPSA) is 106 Å². The van der Waals surface area contributed by atoms with Crippen molar-refractivity contribution in [1.82, 2.24) is 9.29 Å². The van der Waals surface area contributed by atoms with Crippen molar-refractivity contribution >= 4 is 39.3 Å². The predicted octanol–water partition coefficient (Wildman–Crippen LogP) is 2.95. The summed E-state index contributed by atoms with van der Waals surface area (Å²) in [5.74, 6) is -1.14. The van der Waals surface area contributed by atoms with E-state index in [1.165, 1.54) is 47.8 Å². The lowest BCUT2D eigenvalue weighted by Crippen LogP contribution is -2.31. The molecule has 0 aliphatic carbocycles. The van der Waals surface area contributed by atoms with Gasteiger partial charge in [-0.1, -0.05) is 31.5 Å². The van der Waals surface area contributed by atoms with Crippen LogP contribution in [0.25, 0.3) is 0 Å². The number of aromatic nitrogens is 1. The quantitative estimate of drug-likeness (QED) is 0.634. The number of nitrogens with zero attached hydrogens (tertiary/aromatic N) is 2. The van der Waals surface area contributed by atoms with Crippen LogP contribution in [0.2, 0.25) is 5.02 Å². The van der Waals surface area contributed by atoms with Crippen molar-refractivity contribution < 1.29 is 22.7 Å². The molecule has 0 aliphatic heterocycles. The van der Waals surface area contributed by atoms with Gasteiger partial charge >= 0.3 is 5.97 Å². The number of carbonyl (C=O) groups excluding carboxylic acids is 2. The second-order valence-corrected chi connectivity index (χ2v) is 8.39. The van der Waals surface area contributed by atoms with Gasteiger partial charge in [0.25, 0.3) is 5.91 Å². The van der Waals surface area contributed by atoms with E-state index < -0.39 is 28.0 Å². The summed E-state index contributed by atoms with van der Waals surface area (Å²) in [5.41, 5.74) is 0.0301. The molecule has 1 atom stereocenters. The lowest BCUT2D eigenvalue weighted by Gasteiger charge is -2.19. The highest BCUT2D eigenvalue weighted by atomic mass is 35.5. The van der Waals surface area contributed by atoms with Crippen LogP contribution in [0, 0.1) is 0 Å². The summed E-state index contributed by atoms with van der Waals surface area (Å²) in [6.45, 7) is 5.48. The highest BCUT2D eigenvalue weighted by Gasteiger charge is 2.24. The number of ether oxygens (including phenoxy) is 1. The van der Waals surface area contributed by atoms with Crippen LogP contribution in [-0.2, 0) is 19.6 Å². The fourth-order valence-electron chi connectivity index (χ4n) is 2.46. The van der Waals surface area contributed by atoms with Crippen molar-refractivity contribution in [2.24, 2.45) is 0 Å². The molecule has 1 N–H and O–H groups in total. The van der Waals surface area contributed by atoms with E-state index >= 15 is 0 Å². The minimum Gasteiger partial charge on any atom is -0.449 e. The maximum Gasteiger partial charge on any atom is 0.338 e. The molecule has 0 fully saturated rings. The summed E-state index contributed by atoms with van der Waals surface area (Å²) >= 11 is 5.74. The van der Waals surface area contributed by atoms with Crippen molar-refractivity contribution in [2.75, 3.05) is 18.4 Å². The molecule has 156 valence electrons. The Hall–Kier alpha value is -2.49. The number of nitrogens with one attached hydrogen (secondary N) is 1. The number of hydrogen-bond acceptors (Lipinski definition) is 6. The number of benzene rings is 1. The average molecular weight is 440 g/mol. The van der Waals surface area contributed by atoms with Gasteiger partial charge in [0, 0.05) is 19.3 Å². The molecule has 10 heteroatoms. The van der Waals surface area contributed by atoms with Crippen LogP contribution in [0.4, 0.5) is 5.82 Å². The van der Waals surface area contributed by atoms with Gasteiger partial charge in [0.2, 0.25) is 10.0 Å². The Morgan fingerprint density at radius 1 is 1.21 bits per heavy atom. The SMILES string of the molecule is CCN(CC)S(=O)(=O)c1cccc(C(=O)O[C@H](C)C(=O)Nc2ccc(Cl)cn2)c1. The highest BCUT2D eigenvalue weighted by Crippen LogP contribution is 2.18. The fraction of sp³-hybridized carbons (Fsp3) is 0.316. The fourth-order valence-corrected chi connectivity index (χ4v) is 4.07. The molecule has 0 aliphatic rings. The molecular formula is C19H22ClN3O5S. The third-order valence-electron chi connectivity index (χ3n) is 4.04. The Kier molecular flexibility index (Phi) is 7.72. The van der Waals surface area contributed by atoms with Gasteiger partial charge < -0.3 is 10.1 Å². The first-order valence-corrected chi connectivity index (χ1v) is 10.7. The summed E-state index contributed by atoms with van der Waals surface area (Å²) in [7, 11) is -3.72. The Morgan fingerprint density at radius 2 is 1.90 bits per heavy atom. The Labute approximate surface area is 174 Å². The van der Waals surface area contributed by atoms with Gasteiger partial charge in [-0.2, -0.15) is 4.31 Å². The summed E-state index contributed by atoms with van der Waals surface area (Å²) < 4.78 is 31.7. The second-order valence-electron chi connectivity index (χ2n) is 6.02. The number of pyridine rings is 1. The van der Waals surface area contributed by atoms with Crippen LogP contribution in [0.5, 0.6) is 0 Å². The molecule has 2 aromatic rings. The van der Waals surface area contributed by atoms with Gasteiger partial charge in [-0.05, 0) is 37.3 Å². The number of hydrogen-bond donors (Lipinski definition) is 1. The molecule has 1 aromatic heterocycles. The van der Waals surface area contributed by atoms with E-state index in [9.17, 15) is 18.0 Å². The molecule has 0 radical (unpaired) electrons. The lowest BCUT2D eigenvalue weighted by molar-refractivity contribution is -0.123. The van der Waals surface area contributed by atoms with E-state index in [0.717, 1.165) is 0 Å². The van der Waals surface area contributed by atoms with E-state index in [0.29, 0.717) is 18.1 Å². The first-order valence-electron chi connectivity index (χ1n) is 8.92. The van der Waals surface area contributed by atoms with Crippen molar-refractivity contribution in [1.29, 1.82) is 0 Å². The monoisotopic (exact) mass is 439 g/mol. The van der Waals surface area contributed by atoms with Crippen LogP contribution >= 0.6 is 11.6 Å². The van der Waals surface area contributed by atoms with E-state index in [2.05, 4.69) is 10.3 Å². The highest BCUT2D eigenvalue weighted by molar-refractivity contribution is 7.89. The molecule has 0 bridgehead atoms. The maximum absolute atomic E-state index is 12.6. The standard InChI is InChI=1S/C19H22ClN3O5S/c1-4-23(5-2)29(26,27)16-8-6-7-14(11-16)19(25)28-13(3)18(24)22-17-10-9-15(20)12-21-17/h6-13H,4-5H2,1-3H3,(H,21,22,24)/t13-/m1/s1. The van der Waals surface area contributed by atoms with Crippen LogP contribution < -0.4 is 5.32 Å². The third kappa shape index (κ3) is 5.75. The van der Waals surface area contributed by atoms with Crippen LogP contribution in [0.1, 0.15) is 31.1 Å². The molecule has 1 heterocycles. The van der Waals surface area contributed by atoms with Crippen LogP contribution in [0.15, 0.2) is 47.5 Å². The number of esters is 1. The number of sulfonamides is 1. The Morgan fingerprint density at radius 3 is 2.48 bits per heavy atom. The molecule has 0 saturated carbocycles. The van der Waals surface area contributed by atoms with Crippen molar-refractivity contribution in [3.05, 3.63) is 53.2 Å². The first kappa shape index (κ1) is 22.8. The van der Waals surface area contributed by atoms with Gasteiger partial charge in [0.15, 0.2) is 6.10 Å². The van der Waals surface area contributed by atoms with E-state index in [1.54, 1.807) is 19.9 Å². The smallest absolute Gasteiger partial charge is 0.338 e. The van der Waals surface area contributed by atoms with Gasteiger partial charge in [-0.3, -0.25) is 4.79 Å². The maximum atomic E-state index is 12.6. The van der Waals surface area contributed by atoms with E-state index in [1.807, 2.05) is 0 Å². The second kappa shape index (κ2) is 9.82. The zero-order valence-corrected chi connectivity index (χ0v) is 17.8. The van der Waals surface area contributed by atoms with Crippen molar-refractivity contribution in [2.45, 2.75) is 31.8 Å². The van der Waals surface area contributed by atoms with E-state index in [-0.39, 0.29) is 16.3 Å². The van der Waals surface area contributed by atoms with Crippen LogP contribution in [-0.4, -0.2) is 48.8 Å². The summed E-state index contributed by atoms with van der Waals surface area (Å²) in [4.78, 5) is 28.5. The van der Waals surface area contributed by atoms with Crippen molar-refractivity contribution in [3.8, 4) is 0 Å². The third-order valence-corrected chi connectivity index (χ3v) is 6.31. The van der Waals surface area contributed by atoms with Gasteiger partial charge in [-0.25, -0.2) is 18.2 Å². The number of halogens is 1. The molecule has 29 heavy (non-hydrogen) atoms. The largest absolute Gasteiger partial charge is 0.449 e. The van der Waals surface area contributed by atoms with Crippen LogP contribution in [0.3, 0.4) is 0 Å². The van der Waals surface area contributed by atoms with Crippen molar-refractivity contribution in [3.63, 3.8) is 0 Å². The predicted molar refractivity (Wildman–Crippen MR) is 109 cm³/mol. The number of amides is 1. The summed E-state index contributed by atoms with van der Waals surface area (Å²) in [5, 5.41) is 2.92. The van der Waals surface area contributed by atoms with E-state index in [4.69, 9.17) is 16.3 Å². The molecular weight excluding hydrogens is 418 g/mol. The average Bonchev–Trinajstić information content (AvgIpc) is 2.70. The number of anilines is 1. The molecule has 0 saturated heterocycles. The Bertz CT molecular complexity index is 976. The zero-order valence-electron chi connectivity index (χ0n) is 16.3. The zero-order chi connectivity index (χ0) is 21.6. The van der Waals surface area contributed by atoms with Gasteiger partial charge in [0.1, 0.15) is 5.82 Å². The molecule has 0 unspecified atom stereocenters. The van der Waals surface area contributed by atoms with Gasteiger partial charge in [0.05, 0.1) is 15.5 Å². The molecule has 1 amide bonds. The first-order chi connectivity index (χ1) is 13.7. The minimum absolute atomic E-state index is 0.0156. The summed E-state index contributed by atoms with van der Waals surface area (Å²) in [6.07, 6.45) is 0.249. The summed E-state index contributed by atoms with van der Waals surface area (Å²) in [6, 6.07) is 8.59. The molecule has 8 nitrogen and oxygen atoms in total. The molecule has 0 spiro atoms.